The van der Waals surface area contributed by atoms with E-state index < -0.39 is 5.97 Å². The lowest BCUT2D eigenvalue weighted by Gasteiger charge is -2.69. The molecule has 0 radical (unpaired) electrons. The van der Waals surface area contributed by atoms with E-state index in [-0.39, 0.29) is 27.5 Å². The number of fused-ring (bicyclic) bond motifs is 2. The number of pyridine rings is 1. The number of rotatable bonds is 20. The van der Waals surface area contributed by atoms with Crippen LogP contribution in [0.5, 0.6) is 0 Å². The lowest BCUT2D eigenvalue weighted by molar-refractivity contribution is -0.248. The van der Waals surface area contributed by atoms with Gasteiger partial charge in [-0.1, -0.05) is 89.2 Å². The van der Waals surface area contributed by atoms with Crippen molar-refractivity contribution in [2.24, 2.45) is 16.2 Å². The van der Waals surface area contributed by atoms with Gasteiger partial charge in [0.2, 0.25) is 0 Å². The Bertz CT molecular complexity index is 2430. The van der Waals surface area contributed by atoms with Crippen LogP contribution in [0.15, 0.2) is 42.6 Å². The van der Waals surface area contributed by atoms with E-state index in [1.165, 1.54) is 70.6 Å². The molecule has 4 aromatic heterocycles. The number of aromatic carboxylic acids is 1. The number of nitrogens with zero attached hydrogens (tertiary/aromatic N) is 8. The maximum Gasteiger partial charge on any atom is 0.355 e. The molecule has 2 atom stereocenters. The van der Waals surface area contributed by atoms with Gasteiger partial charge in [0.15, 0.2) is 22.5 Å². The van der Waals surface area contributed by atoms with Crippen molar-refractivity contribution in [3.05, 3.63) is 65.1 Å². The van der Waals surface area contributed by atoms with Gasteiger partial charge in [-0.25, -0.2) is 14.8 Å². The Morgan fingerprint density at radius 1 is 0.891 bits per heavy atom. The Labute approximate surface area is 383 Å². The third kappa shape index (κ3) is 9.18. The molecule has 4 bridgehead atoms. The van der Waals surface area contributed by atoms with Crippen molar-refractivity contribution in [1.29, 1.82) is 0 Å². The van der Waals surface area contributed by atoms with Gasteiger partial charge in [-0.2, -0.15) is 5.10 Å². The molecule has 13 heteroatoms. The summed E-state index contributed by atoms with van der Waals surface area (Å²) < 4.78 is 10.4. The summed E-state index contributed by atoms with van der Waals surface area (Å²) in [6, 6.07) is 11.9. The molecule has 1 aromatic carbocycles. The second-order valence-electron chi connectivity index (χ2n) is 21.0. The van der Waals surface area contributed by atoms with E-state index in [0.717, 1.165) is 96.1 Å². The van der Waals surface area contributed by atoms with E-state index in [4.69, 9.17) is 24.9 Å². The van der Waals surface area contributed by atoms with E-state index in [1.54, 1.807) is 11.3 Å². The van der Waals surface area contributed by atoms with Gasteiger partial charge in [-0.15, -0.1) is 10.2 Å². The first kappa shape index (κ1) is 44.7. The second-order valence-corrected chi connectivity index (χ2v) is 22.0. The van der Waals surface area contributed by atoms with Crippen molar-refractivity contribution in [2.75, 3.05) is 43.5 Å². The molecule has 4 saturated carbocycles. The van der Waals surface area contributed by atoms with Crippen molar-refractivity contribution in [3.63, 3.8) is 0 Å². The maximum atomic E-state index is 13.0. The van der Waals surface area contributed by atoms with Crippen LogP contribution in [-0.4, -0.2) is 84.8 Å². The number of benzene rings is 1. The predicted molar refractivity (Wildman–Crippen MR) is 257 cm³/mol. The van der Waals surface area contributed by atoms with Crippen LogP contribution in [0.25, 0.3) is 21.3 Å². The van der Waals surface area contributed by atoms with Gasteiger partial charge in [-0.05, 0) is 126 Å². The largest absolute Gasteiger partial charge is 0.476 e. The molecule has 5 aromatic rings. The van der Waals surface area contributed by atoms with Crippen LogP contribution in [-0.2, 0) is 17.7 Å². The molecule has 0 spiro atoms. The van der Waals surface area contributed by atoms with E-state index >= 15 is 0 Å². The van der Waals surface area contributed by atoms with Gasteiger partial charge < -0.3 is 25.0 Å². The molecule has 64 heavy (non-hydrogen) atoms. The fourth-order valence-corrected chi connectivity index (χ4v) is 14.2. The van der Waals surface area contributed by atoms with Crippen LogP contribution in [0.1, 0.15) is 144 Å². The third-order valence-electron chi connectivity index (χ3n) is 15.1. The van der Waals surface area contributed by atoms with Crippen LogP contribution in [0, 0.1) is 30.1 Å². The summed E-state index contributed by atoms with van der Waals surface area (Å²) in [7, 11) is 2.26. The fraction of sp³-hybridized carbons (Fsp3) is 0.608. The highest BCUT2D eigenvalue weighted by atomic mass is 32.1. The zero-order valence-corrected chi connectivity index (χ0v) is 40.0. The molecule has 1 aliphatic heterocycles. The number of carbonyl (C=O) groups is 1. The average Bonchev–Trinajstić information content (AvgIpc) is 3.82. The van der Waals surface area contributed by atoms with Crippen molar-refractivity contribution < 1.29 is 14.6 Å². The van der Waals surface area contributed by atoms with Crippen LogP contribution in [0.4, 0.5) is 22.6 Å². The number of nitrogens with one attached hydrogen (secondary N) is 1. The lowest BCUT2D eigenvalue weighted by atomic mass is 9.39. The van der Waals surface area contributed by atoms with Gasteiger partial charge in [0.25, 0.3) is 0 Å². The smallest absolute Gasteiger partial charge is 0.355 e. The number of unbranched alkanes of at least 4 members (excludes halogenated alkanes) is 7. The molecule has 0 saturated heterocycles. The summed E-state index contributed by atoms with van der Waals surface area (Å²) in [5, 5.41) is 29.1. The predicted octanol–water partition coefficient (Wildman–Crippen LogP) is 11.7. The van der Waals surface area contributed by atoms with Gasteiger partial charge in [0.05, 0.1) is 28.6 Å². The number of aromatic nitrogens is 6. The summed E-state index contributed by atoms with van der Waals surface area (Å²) in [5.74, 6) is 0.870. The van der Waals surface area contributed by atoms with Gasteiger partial charge in [0, 0.05) is 47.6 Å². The quantitative estimate of drug-likeness (QED) is 0.0723. The Morgan fingerprint density at radius 3 is 2.39 bits per heavy atom. The first-order chi connectivity index (χ1) is 30.8. The Kier molecular flexibility index (Phi) is 12.6. The molecular formula is C51H69N9O3S. The second kappa shape index (κ2) is 18.1. The number of para-hydroxylation sites is 1. The summed E-state index contributed by atoms with van der Waals surface area (Å²) in [6.07, 6.45) is 21.3. The standard InChI is InChI=1S/C51H69N9O3S/c1-7-8-9-10-11-12-13-16-23-58(6)25-26-63-51-31-48(4)28-49(5,32-51)30-50(29-48,33-51)34-60-36(3)39(27-52-60)38-21-22-42(54-43(38)46(61)62)59-24-17-18-37-35(2)44(56-57-45(37)59)55-47-53-40-19-14-15-20-41(40)64-47/h14-15,19-22,27H,7-13,16-18,23-26,28-34H2,1-6H3,(H,61,62)(H,53,55,56). The number of anilines is 4. The van der Waals surface area contributed by atoms with Crippen LogP contribution in [0.2, 0.25) is 0 Å². The lowest BCUT2D eigenvalue weighted by Crippen LogP contribution is -2.64. The van der Waals surface area contributed by atoms with Gasteiger partial charge >= 0.3 is 5.97 Å². The van der Waals surface area contributed by atoms with Crippen molar-refractivity contribution in [2.45, 2.75) is 149 Å². The molecule has 2 N–H and O–H groups in total. The fourth-order valence-electron chi connectivity index (χ4n) is 13.3. The maximum absolute atomic E-state index is 13.0. The molecule has 10 rings (SSSR count). The van der Waals surface area contributed by atoms with Crippen molar-refractivity contribution in [1.82, 2.24) is 34.8 Å². The van der Waals surface area contributed by atoms with Crippen molar-refractivity contribution >= 4 is 50.1 Å². The molecule has 2 unspecified atom stereocenters. The van der Waals surface area contributed by atoms with Crippen LogP contribution < -0.4 is 10.2 Å². The van der Waals surface area contributed by atoms with E-state index in [0.29, 0.717) is 29.6 Å². The molecule has 12 nitrogen and oxygen atoms in total. The van der Waals surface area contributed by atoms with Crippen molar-refractivity contribution in [3.8, 4) is 11.1 Å². The minimum atomic E-state index is -1.07. The average molecular weight is 888 g/mol. The van der Waals surface area contributed by atoms with E-state index in [2.05, 4.69) is 67.7 Å². The summed E-state index contributed by atoms with van der Waals surface area (Å²) >= 11 is 1.58. The molecule has 5 aliphatic rings. The van der Waals surface area contributed by atoms with Gasteiger partial charge in [-0.3, -0.25) is 4.68 Å². The first-order valence-corrected chi connectivity index (χ1v) is 25.0. The molecule has 4 aliphatic carbocycles. The SMILES string of the molecule is CCCCCCCCCCN(C)CCOC12CC3(C)CC(C)(CC(Cn4ncc(-c5ccc(N6CCCc7c6nnc(Nc6nc8ccccc8s6)c7C)nc5C(=O)O)c4C)(C3)C1)C2. The Morgan fingerprint density at radius 2 is 1.64 bits per heavy atom. The van der Waals surface area contributed by atoms with Crippen LogP contribution >= 0.6 is 11.3 Å². The Balaban J connectivity index is 0.885. The summed E-state index contributed by atoms with van der Waals surface area (Å²) in [6.45, 7) is 15.8. The van der Waals surface area contributed by atoms with Crippen LogP contribution in [0.3, 0.4) is 0 Å². The molecule has 0 amide bonds. The zero-order valence-electron chi connectivity index (χ0n) is 39.1. The minimum Gasteiger partial charge on any atom is -0.476 e. The number of carboxylic acid groups (broad SMARTS) is 1. The number of hydrogen-bond donors (Lipinski definition) is 2. The van der Waals surface area contributed by atoms with E-state index in [1.807, 2.05) is 41.4 Å². The highest BCUT2D eigenvalue weighted by molar-refractivity contribution is 7.22. The zero-order chi connectivity index (χ0) is 44.7. The normalized spacial score (nSPS) is 24.8. The number of hydrogen-bond acceptors (Lipinski definition) is 11. The highest BCUT2D eigenvalue weighted by Gasteiger charge is 2.66. The Hall–Kier alpha value is -4.46. The topological polar surface area (TPSA) is 134 Å². The summed E-state index contributed by atoms with van der Waals surface area (Å²) in [4.78, 5) is 27.1. The highest BCUT2D eigenvalue weighted by Crippen LogP contribution is 2.72. The summed E-state index contributed by atoms with van der Waals surface area (Å²) in [5.41, 5.74) is 5.82. The number of carboxylic acids is 1. The monoisotopic (exact) mass is 888 g/mol. The number of thiazole rings is 1. The number of likely N-dealkylation sites (N-methyl/N-ethyl adjacent to an activating group) is 1. The molecular weight excluding hydrogens is 819 g/mol. The first-order valence-electron chi connectivity index (χ1n) is 24.1. The van der Waals surface area contributed by atoms with Gasteiger partial charge in [0.1, 0.15) is 5.82 Å². The third-order valence-corrected chi connectivity index (χ3v) is 16.0. The molecule has 5 heterocycles. The minimum absolute atomic E-state index is 0.0145. The number of ether oxygens (including phenoxy) is 1. The van der Waals surface area contributed by atoms with E-state index in [9.17, 15) is 9.90 Å². The molecule has 342 valence electrons. The molecule has 4 fully saturated rings.